The molecule has 9 heteroatoms. The van der Waals surface area contributed by atoms with Crippen LogP contribution < -0.4 is 10.6 Å². The van der Waals surface area contributed by atoms with Gasteiger partial charge in [0.1, 0.15) is 24.0 Å². The van der Waals surface area contributed by atoms with Crippen molar-refractivity contribution in [3.05, 3.63) is 82.5 Å². The van der Waals surface area contributed by atoms with Gasteiger partial charge in [-0.05, 0) is 35.9 Å². The lowest BCUT2D eigenvalue weighted by Gasteiger charge is -2.11. The smallest absolute Gasteiger partial charge is 0.256 e. The molecule has 2 heterocycles. The zero-order chi connectivity index (χ0) is 21.1. The average Bonchev–Trinajstić information content (AvgIpc) is 3.30. The van der Waals surface area contributed by atoms with Gasteiger partial charge in [0.15, 0.2) is 0 Å². The largest absolute Gasteiger partial charge is 0.350 e. The van der Waals surface area contributed by atoms with Crippen LogP contribution in [0.25, 0.3) is 0 Å². The number of carbonyl (C=O) groups excluding carboxylic acids is 2. The number of anilines is 1. The SMILES string of the molecule is O=C(Cn1nc2c(c1NC(=O)c1cccc(F)c1)CSC2)NCc1ccc(F)cc1. The number of carbonyl (C=O) groups is 2. The molecular weight excluding hydrogens is 410 g/mol. The van der Waals surface area contributed by atoms with E-state index in [1.54, 1.807) is 23.9 Å². The van der Waals surface area contributed by atoms with Gasteiger partial charge >= 0.3 is 0 Å². The third-order valence-electron chi connectivity index (χ3n) is 4.63. The molecule has 1 aliphatic rings. The van der Waals surface area contributed by atoms with Crippen LogP contribution in [0.2, 0.25) is 0 Å². The molecule has 6 nitrogen and oxygen atoms in total. The van der Waals surface area contributed by atoms with E-state index in [0.29, 0.717) is 17.3 Å². The van der Waals surface area contributed by atoms with E-state index < -0.39 is 11.7 Å². The minimum Gasteiger partial charge on any atom is -0.350 e. The lowest BCUT2D eigenvalue weighted by Crippen LogP contribution is -2.28. The number of nitrogens with one attached hydrogen (secondary N) is 2. The monoisotopic (exact) mass is 428 g/mol. The maximum absolute atomic E-state index is 13.4. The number of aromatic nitrogens is 2. The molecule has 154 valence electrons. The standard InChI is InChI=1S/C21H18F2N4O2S/c22-15-6-4-13(5-7-15)9-24-19(28)10-27-20(17-11-30-12-18(17)26-27)25-21(29)14-2-1-3-16(23)8-14/h1-8H,9-12H2,(H,24,28)(H,25,29). The molecule has 3 aromatic rings. The third-order valence-corrected chi connectivity index (χ3v) is 5.60. The number of rotatable bonds is 6. The van der Waals surface area contributed by atoms with Crippen molar-refractivity contribution in [3.8, 4) is 0 Å². The molecule has 2 N–H and O–H groups in total. The predicted octanol–water partition coefficient (Wildman–Crippen LogP) is 3.48. The van der Waals surface area contributed by atoms with E-state index in [1.165, 1.54) is 35.0 Å². The van der Waals surface area contributed by atoms with Crippen LogP contribution in [0.1, 0.15) is 27.2 Å². The zero-order valence-corrected chi connectivity index (χ0v) is 16.6. The van der Waals surface area contributed by atoms with Crippen LogP contribution in [0.5, 0.6) is 0 Å². The number of halogens is 2. The second kappa shape index (κ2) is 8.66. The van der Waals surface area contributed by atoms with Crippen molar-refractivity contribution in [3.63, 3.8) is 0 Å². The number of fused-ring (bicyclic) bond motifs is 1. The van der Waals surface area contributed by atoms with Crippen molar-refractivity contribution >= 4 is 29.4 Å². The maximum Gasteiger partial charge on any atom is 0.256 e. The molecule has 1 aliphatic heterocycles. The highest BCUT2D eigenvalue weighted by Crippen LogP contribution is 2.34. The Morgan fingerprint density at radius 1 is 1.07 bits per heavy atom. The minimum atomic E-state index is -0.503. The molecule has 0 radical (unpaired) electrons. The van der Waals surface area contributed by atoms with E-state index in [0.717, 1.165) is 22.9 Å². The van der Waals surface area contributed by atoms with Gasteiger partial charge in [-0.25, -0.2) is 13.5 Å². The topological polar surface area (TPSA) is 76.0 Å². The fourth-order valence-corrected chi connectivity index (χ4v) is 4.16. The van der Waals surface area contributed by atoms with Crippen LogP contribution in [0.3, 0.4) is 0 Å². The highest BCUT2D eigenvalue weighted by Gasteiger charge is 2.25. The van der Waals surface area contributed by atoms with Gasteiger partial charge in [-0.3, -0.25) is 9.59 Å². The van der Waals surface area contributed by atoms with Gasteiger partial charge in [-0.15, -0.1) is 0 Å². The Kier molecular flexibility index (Phi) is 5.80. The van der Waals surface area contributed by atoms with Crippen molar-refractivity contribution in [1.82, 2.24) is 15.1 Å². The summed E-state index contributed by atoms with van der Waals surface area (Å²) in [4.78, 5) is 25.0. The van der Waals surface area contributed by atoms with E-state index >= 15 is 0 Å². The van der Waals surface area contributed by atoms with Gasteiger partial charge in [-0.2, -0.15) is 16.9 Å². The molecule has 1 aromatic heterocycles. The summed E-state index contributed by atoms with van der Waals surface area (Å²) in [6.45, 7) is 0.165. The third kappa shape index (κ3) is 4.51. The van der Waals surface area contributed by atoms with E-state index in [9.17, 15) is 18.4 Å². The van der Waals surface area contributed by atoms with Crippen molar-refractivity contribution in [2.75, 3.05) is 5.32 Å². The van der Waals surface area contributed by atoms with Crippen molar-refractivity contribution in [1.29, 1.82) is 0 Å². The maximum atomic E-state index is 13.4. The lowest BCUT2D eigenvalue weighted by molar-refractivity contribution is -0.122. The molecule has 2 amide bonds. The molecule has 0 fully saturated rings. The zero-order valence-electron chi connectivity index (χ0n) is 15.8. The first-order valence-corrected chi connectivity index (χ1v) is 10.4. The molecule has 0 saturated heterocycles. The summed E-state index contributed by atoms with van der Waals surface area (Å²) < 4.78 is 27.9. The Morgan fingerprint density at radius 2 is 1.87 bits per heavy atom. The highest BCUT2D eigenvalue weighted by atomic mass is 32.2. The van der Waals surface area contributed by atoms with Crippen LogP contribution in [-0.2, 0) is 29.4 Å². The summed E-state index contributed by atoms with van der Waals surface area (Å²) in [6.07, 6.45) is 0. The molecule has 0 bridgehead atoms. The predicted molar refractivity (Wildman–Crippen MR) is 110 cm³/mol. The lowest BCUT2D eigenvalue weighted by atomic mass is 10.2. The highest BCUT2D eigenvalue weighted by molar-refractivity contribution is 7.98. The summed E-state index contributed by atoms with van der Waals surface area (Å²) in [5.74, 6) is 0.204. The number of hydrogen-bond donors (Lipinski definition) is 2. The molecule has 0 unspecified atom stereocenters. The summed E-state index contributed by atoms with van der Waals surface area (Å²) in [5.41, 5.74) is 2.64. The Balaban J connectivity index is 1.47. The number of nitrogens with zero attached hydrogens (tertiary/aromatic N) is 2. The summed E-state index contributed by atoms with van der Waals surface area (Å²) in [7, 11) is 0. The van der Waals surface area contributed by atoms with Crippen molar-refractivity contribution in [2.45, 2.75) is 24.6 Å². The summed E-state index contributed by atoms with van der Waals surface area (Å²) in [5, 5.41) is 10.00. The first-order chi connectivity index (χ1) is 14.5. The first kappa shape index (κ1) is 20.1. The van der Waals surface area contributed by atoms with Gasteiger partial charge in [0.2, 0.25) is 5.91 Å². The van der Waals surface area contributed by atoms with Crippen molar-refractivity contribution < 1.29 is 18.4 Å². The van der Waals surface area contributed by atoms with E-state index in [-0.39, 0.29) is 30.4 Å². The number of amides is 2. The molecule has 2 aromatic carbocycles. The van der Waals surface area contributed by atoms with E-state index in [2.05, 4.69) is 15.7 Å². The Labute approximate surface area is 175 Å². The second-order valence-corrected chi connectivity index (χ2v) is 7.78. The Morgan fingerprint density at radius 3 is 2.63 bits per heavy atom. The van der Waals surface area contributed by atoms with E-state index in [4.69, 9.17) is 0 Å². The van der Waals surface area contributed by atoms with Gasteiger partial charge in [0.05, 0.1) is 5.69 Å². The van der Waals surface area contributed by atoms with Gasteiger partial charge in [0.25, 0.3) is 5.91 Å². The first-order valence-electron chi connectivity index (χ1n) is 9.24. The molecule has 0 aliphatic carbocycles. The second-order valence-electron chi connectivity index (χ2n) is 6.79. The van der Waals surface area contributed by atoms with Crippen LogP contribution in [0.15, 0.2) is 48.5 Å². The van der Waals surface area contributed by atoms with E-state index in [1.807, 2.05) is 0 Å². The summed E-state index contributed by atoms with van der Waals surface area (Å²) >= 11 is 1.67. The number of benzene rings is 2. The van der Waals surface area contributed by atoms with Crippen LogP contribution in [0, 0.1) is 11.6 Å². The normalized spacial score (nSPS) is 12.5. The minimum absolute atomic E-state index is 0.0857. The van der Waals surface area contributed by atoms with Gasteiger partial charge in [0, 0.05) is 29.2 Å². The Hall–Kier alpha value is -3.20. The summed E-state index contributed by atoms with van der Waals surface area (Å²) in [6, 6.07) is 11.3. The number of thioether (sulfide) groups is 1. The molecule has 0 spiro atoms. The fourth-order valence-electron chi connectivity index (χ4n) is 3.12. The van der Waals surface area contributed by atoms with Gasteiger partial charge in [-0.1, -0.05) is 18.2 Å². The van der Waals surface area contributed by atoms with Crippen molar-refractivity contribution in [2.24, 2.45) is 0 Å². The molecule has 30 heavy (non-hydrogen) atoms. The molecular formula is C21H18F2N4O2S. The quantitative estimate of drug-likeness (QED) is 0.630. The molecule has 0 atom stereocenters. The van der Waals surface area contributed by atoms with Crippen LogP contribution in [0.4, 0.5) is 14.6 Å². The van der Waals surface area contributed by atoms with Crippen LogP contribution in [-0.4, -0.2) is 21.6 Å². The van der Waals surface area contributed by atoms with Gasteiger partial charge < -0.3 is 10.6 Å². The fraction of sp³-hybridized carbons (Fsp3) is 0.190. The number of hydrogen-bond acceptors (Lipinski definition) is 4. The molecule has 0 saturated carbocycles. The molecule has 4 rings (SSSR count). The van der Waals surface area contributed by atoms with Crippen LogP contribution >= 0.6 is 11.8 Å². The Bertz CT molecular complexity index is 1100. The average molecular weight is 428 g/mol.